The molecule has 1 aromatic carbocycles. The van der Waals surface area contributed by atoms with Gasteiger partial charge in [-0.25, -0.2) is 0 Å². The van der Waals surface area contributed by atoms with Crippen molar-refractivity contribution in [3.63, 3.8) is 0 Å². The monoisotopic (exact) mass is 174 g/mol. The Morgan fingerprint density at radius 3 is 2.77 bits per heavy atom. The third-order valence-electron chi connectivity index (χ3n) is 1.77. The molecular weight excluding hydrogens is 160 g/mol. The topological polar surface area (TPSA) is 52.0 Å². The van der Waals surface area contributed by atoms with Crippen molar-refractivity contribution in [2.45, 2.75) is 13.3 Å². The van der Waals surface area contributed by atoms with Gasteiger partial charge in [0.1, 0.15) is 0 Å². The summed E-state index contributed by atoms with van der Waals surface area (Å²) in [5.41, 5.74) is 13.9. The molecule has 0 saturated carbocycles. The maximum Gasteiger partial charge on any atom is 0.0344 e. The van der Waals surface area contributed by atoms with Crippen LogP contribution in [-0.2, 0) is 0 Å². The summed E-state index contributed by atoms with van der Waals surface area (Å²) in [6.07, 6.45) is 0.740. The van der Waals surface area contributed by atoms with Gasteiger partial charge in [-0.3, -0.25) is 0 Å². The third-order valence-corrected chi connectivity index (χ3v) is 1.77. The SMILES string of the molecule is Cc1cc(C#CCCN)ccc1N. The fourth-order valence-corrected chi connectivity index (χ4v) is 0.990. The van der Waals surface area contributed by atoms with Crippen molar-refractivity contribution in [1.29, 1.82) is 0 Å². The van der Waals surface area contributed by atoms with Crippen LogP contribution in [0.5, 0.6) is 0 Å². The maximum absolute atomic E-state index is 5.68. The van der Waals surface area contributed by atoms with Crippen molar-refractivity contribution >= 4 is 5.69 Å². The quantitative estimate of drug-likeness (QED) is 0.497. The Labute approximate surface area is 78.9 Å². The first-order chi connectivity index (χ1) is 6.24. The summed E-state index contributed by atoms with van der Waals surface area (Å²) in [4.78, 5) is 0. The van der Waals surface area contributed by atoms with Gasteiger partial charge in [-0.1, -0.05) is 11.8 Å². The lowest BCUT2D eigenvalue weighted by Gasteiger charge is -1.98. The lowest BCUT2D eigenvalue weighted by atomic mass is 10.1. The first-order valence-corrected chi connectivity index (χ1v) is 4.29. The van der Waals surface area contributed by atoms with E-state index in [1.165, 1.54) is 0 Å². The largest absolute Gasteiger partial charge is 0.399 e. The second-order valence-electron chi connectivity index (χ2n) is 2.91. The molecular formula is C11H14N2. The first-order valence-electron chi connectivity index (χ1n) is 4.29. The number of hydrogen-bond acceptors (Lipinski definition) is 2. The first kappa shape index (κ1) is 9.63. The molecule has 2 nitrogen and oxygen atoms in total. The van der Waals surface area contributed by atoms with Gasteiger partial charge in [-0.05, 0) is 30.7 Å². The van der Waals surface area contributed by atoms with E-state index in [1.807, 2.05) is 25.1 Å². The maximum atomic E-state index is 5.68. The highest BCUT2D eigenvalue weighted by atomic mass is 14.5. The van der Waals surface area contributed by atoms with Crippen LogP contribution in [-0.4, -0.2) is 6.54 Å². The molecule has 1 aromatic rings. The van der Waals surface area contributed by atoms with Crippen LogP contribution >= 0.6 is 0 Å². The lowest BCUT2D eigenvalue weighted by molar-refractivity contribution is 1.03. The molecule has 2 heteroatoms. The molecule has 0 fully saturated rings. The molecule has 0 amide bonds. The van der Waals surface area contributed by atoms with E-state index in [1.54, 1.807) is 0 Å². The summed E-state index contributed by atoms with van der Waals surface area (Å²) >= 11 is 0. The molecule has 0 aliphatic heterocycles. The van der Waals surface area contributed by atoms with Crippen LogP contribution in [0.1, 0.15) is 17.5 Å². The van der Waals surface area contributed by atoms with E-state index in [-0.39, 0.29) is 0 Å². The zero-order valence-electron chi connectivity index (χ0n) is 7.80. The van der Waals surface area contributed by atoms with Gasteiger partial charge < -0.3 is 11.5 Å². The van der Waals surface area contributed by atoms with Crippen molar-refractivity contribution in [3.8, 4) is 11.8 Å². The molecule has 0 atom stereocenters. The molecule has 0 aliphatic carbocycles. The van der Waals surface area contributed by atoms with Gasteiger partial charge in [0.15, 0.2) is 0 Å². The predicted octanol–water partition coefficient (Wildman–Crippen LogP) is 1.28. The summed E-state index contributed by atoms with van der Waals surface area (Å²) < 4.78 is 0. The van der Waals surface area contributed by atoms with Gasteiger partial charge in [-0.15, -0.1) is 0 Å². The Kier molecular flexibility index (Phi) is 3.36. The highest BCUT2D eigenvalue weighted by Gasteiger charge is 1.92. The van der Waals surface area contributed by atoms with Crippen LogP contribution in [0.15, 0.2) is 18.2 Å². The molecule has 0 radical (unpaired) electrons. The Hall–Kier alpha value is -1.46. The van der Waals surface area contributed by atoms with Crippen LogP contribution in [0.4, 0.5) is 5.69 Å². The molecule has 0 aromatic heterocycles. The van der Waals surface area contributed by atoms with Crippen molar-refractivity contribution in [2.24, 2.45) is 5.73 Å². The fourth-order valence-electron chi connectivity index (χ4n) is 0.990. The molecule has 13 heavy (non-hydrogen) atoms. The minimum Gasteiger partial charge on any atom is -0.399 e. The Bertz CT molecular complexity index is 345. The second-order valence-corrected chi connectivity index (χ2v) is 2.91. The standard InChI is InChI=1S/C11H14N2/c1-9-8-10(4-2-3-7-12)5-6-11(9)13/h5-6,8H,3,7,12-13H2,1H3. The zero-order chi connectivity index (χ0) is 9.68. The zero-order valence-corrected chi connectivity index (χ0v) is 7.80. The van der Waals surface area contributed by atoms with Gasteiger partial charge in [0.05, 0.1) is 0 Å². The number of aryl methyl sites for hydroxylation is 1. The van der Waals surface area contributed by atoms with Crippen molar-refractivity contribution < 1.29 is 0 Å². The van der Waals surface area contributed by atoms with Crippen LogP contribution in [0.3, 0.4) is 0 Å². The Morgan fingerprint density at radius 2 is 2.15 bits per heavy atom. The van der Waals surface area contributed by atoms with E-state index in [4.69, 9.17) is 11.5 Å². The molecule has 0 bridgehead atoms. The summed E-state index contributed by atoms with van der Waals surface area (Å²) in [5.74, 6) is 6.01. The van der Waals surface area contributed by atoms with Crippen LogP contribution in [0, 0.1) is 18.8 Å². The van der Waals surface area contributed by atoms with Crippen molar-refractivity contribution in [1.82, 2.24) is 0 Å². The molecule has 0 saturated heterocycles. The van der Waals surface area contributed by atoms with E-state index in [0.29, 0.717) is 6.54 Å². The van der Waals surface area contributed by atoms with Gasteiger partial charge in [0.2, 0.25) is 0 Å². The molecule has 0 spiro atoms. The van der Waals surface area contributed by atoms with E-state index in [0.717, 1.165) is 23.2 Å². The normalized spacial score (nSPS) is 9.08. The van der Waals surface area contributed by atoms with Gasteiger partial charge in [-0.2, -0.15) is 0 Å². The van der Waals surface area contributed by atoms with Gasteiger partial charge >= 0.3 is 0 Å². The molecule has 0 heterocycles. The second kappa shape index (κ2) is 4.54. The number of rotatable bonds is 1. The molecule has 0 unspecified atom stereocenters. The highest BCUT2D eigenvalue weighted by molar-refractivity contribution is 5.51. The van der Waals surface area contributed by atoms with Gasteiger partial charge in [0, 0.05) is 24.2 Å². The summed E-state index contributed by atoms with van der Waals surface area (Å²) in [6.45, 7) is 2.59. The Morgan fingerprint density at radius 1 is 1.38 bits per heavy atom. The molecule has 1 rings (SSSR count). The number of nitrogens with two attached hydrogens (primary N) is 2. The van der Waals surface area contributed by atoms with E-state index < -0.39 is 0 Å². The predicted molar refractivity (Wildman–Crippen MR) is 56.1 cm³/mol. The third kappa shape index (κ3) is 2.81. The average Bonchev–Trinajstić information content (AvgIpc) is 2.12. The minimum absolute atomic E-state index is 0.612. The number of anilines is 1. The van der Waals surface area contributed by atoms with Crippen molar-refractivity contribution in [2.75, 3.05) is 12.3 Å². The van der Waals surface area contributed by atoms with Crippen LogP contribution < -0.4 is 11.5 Å². The number of hydrogen-bond donors (Lipinski definition) is 2. The number of nitrogen functional groups attached to an aromatic ring is 1. The van der Waals surface area contributed by atoms with Gasteiger partial charge in [0.25, 0.3) is 0 Å². The van der Waals surface area contributed by atoms with Crippen molar-refractivity contribution in [3.05, 3.63) is 29.3 Å². The van der Waals surface area contributed by atoms with E-state index >= 15 is 0 Å². The van der Waals surface area contributed by atoms with E-state index in [9.17, 15) is 0 Å². The molecule has 68 valence electrons. The van der Waals surface area contributed by atoms with E-state index in [2.05, 4.69) is 11.8 Å². The highest BCUT2D eigenvalue weighted by Crippen LogP contribution is 2.11. The molecule has 0 aliphatic rings. The summed E-state index contributed by atoms with van der Waals surface area (Å²) in [6, 6.07) is 5.78. The minimum atomic E-state index is 0.612. The molecule has 4 N–H and O–H groups in total. The summed E-state index contributed by atoms with van der Waals surface area (Å²) in [7, 11) is 0. The number of benzene rings is 1. The average molecular weight is 174 g/mol. The van der Waals surface area contributed by atoms with Crippen LogP contribution in [0.25, 0.3) is 0 Å². The fraction of sp³-hybridized carbons (Fsp3) is 0.273. The van der Waals surface area contributed by atoms with Crippen LogP contribution in [0.2, 0.25) is 0 Å². The lowest BCUT2D eigenvalue weighted by Crippen LogP contribution is -1.95. The summed E-state index contributed by atoms with van der Waals surface area (Å²) in [5, 5.41) is 0. The smallest absolute Gasteiger partial charge is 0.0344 e. The Balaban J connectivity index is 2.81.